The molecule has 0 aromatic heterocycles. The van der Waals surface area contributed by atoms with Crippen LogP contribution in [0.15, 0.2) is 0 Å². The van der Waals surface area contributed by atoms with Crippen LogP contribution in [-0.2, 0) is 117 Å². The first-order valence-corrected chi connectivity index (χ1v) is 44.2. The van der Waals surface area contributed by atoms with Crippen LogP contribution in [0.2, 0.25) is 0 Å². The number of phosphoric acid groups is 3. The molecule has 0 aliphatic carbocycles. The van der Waals surface area contributed by atoms with Gasteiger partial charge in [-0.25, -0.2) is 13.7 Å². The van der Waals surface area contributed by atoms with Crippen LogP contribution in [0.5, 0.6) is 0 Å². The largest absolute Gasteiger partial charge is 0.472 e. The second-order valence-electron chi connectivity index (χ2n) is 29.4. The number of hydrogen-bond acceptors (Lipinski definition) is 34. The number of aliphatic hydroxyl groups is 9. The third kappa shape index (κ3) is 38.0. The van der Waals surface area contributed by atoms with Crippen molar-refractivity contribution in [1.29, 1.82) is 0 Å². The maximum atomic E-state index is 13.1. The highest BCUT2D eigenvalue weighted by Crippen LogP contribution is 2.48. The molecule has 5 rings (SSSR count). The molecule has 15 N–H and O–H groups in total. The Kier molecular flexibility index (Phi) is 48.0. The zero-order chi connectivity index (χ0) is 85.4. The van der Waals surface area contributed by atoms with Crippen molar-refractivity contribution in [2.75, 3.05) is 159 Å². The Hall–Kier alpha value is -3.61. The minimum absolute atomic E-state index is 0.00260. The summed E-state index contributed by atoms with van der Waals surface area (Å²) in [6, 6.07) is -3.20. The quantitative estimate of drug-likeness (QED) is 0.0182. The van der Waals surface area contributed by atoms with Crippen LogP contribution in [0.25, 0.3) is 0 Å². The van der Waals surface area contributed by atoms with Gasteiger partial charge in [0.1, 0.15) is 60.9 Å². The average molecular weight is 1740 g/mol. The molecular formula is C70H129N6O37P3. The zero-order valence-corrected chi connectivity index (χ0v) is 69.7. The van der Waals surface area contributed by atoms with Gasteiger partial charge in [0.25, 0.3) is 0 Å². The molecule has 676 valence electrons. The van der Waals surface area contributed by atoms with Gasteiger partial charge in [-0.15, -0.1) is 0 Å². The second-order valence-corrected chi connectivity index (χ2v) is 33.6. The minimum Gasteiger partial charge on any atom is -0.394 e. The lowest BCUT2D eigenvalue weighted by atomic mass is 9.92. The van der Waals surface area contributed by atoms with Crippen LogP contribution < -0.4 is 16.0 Å². The summed E-state index contributed by atoms with van der Waals surface area (Å²) in [5.74, 6) is -1.94. The minimum atomic E-state index is -4.59. The number of ether oxygens (including phenoxy) is 10. The highest BCUT2D eigenvalue weighted by atomic mass is 31.2. The number of amides is 6. The number of likely N-dealkylation sites (tertiary alicyclic amines) is 3. The predicted molar refractivity (Wildman–Crippen MR) is 402 cm³/mol. The normalized spacial score (nSPS) is 25.9. The number of nitrogens with zero attached hydrogens (tertiary/aromatic N) is 3. The van der Waals surface area contributed by atoms with E-state index in [1.807, 2.05) is 0 Å². The predicted octanol–water partition coefficient (Wildman–Crippen LogP) is -1.76. The van der Waals surface area contributed by atoms with E-state index in [0.29, 0.717) is 38.5 Å². The number of carbonyl (C=O) groups is 6. The molecule has 5 heterocycles. The summed E-state index contributed by atoms with van der Waals surface area (Å²) < 4.78 is 129. The fourth-order valence-corrected chi connectivity index (χ4v) is 16.4. The van der Waals surface area contributed by atoms with Crippen LogP contribution in [0, 0.1) is 5.41 Å². The van der Waals surface area contributed by atoms with E-state index >= 15 is 0 Å². The lowest BCUT2D eigenvalue weighted by molar-refractivity contribution is -0.270. The van der Waals surface area contributed by atoms with Crippen LogP contribution in [0.4, 0.5) is 0 Å². The third-order valence-corrected chi connectivity index (χ3v) is 22.8. The van der Waals surface area contributed by atoms with Crippen LogP contribution in [0.1, 0.15) is 143 Å². The summed E-state index contributed by atoms with van der Waals surface area (Å²) >= 11 is 0. The van der Waals surface area contributed by atoms with Gasteiger partial charge >= 0.3 is 23.5 Å². The van der Waals surface area contributed by atoms with Crippen molar-refractivity contribution in [3.63, 3.8) is 0 Å². The topological polar surface area (TPSA) is 590 Å². The molecule has 17 atom stereocenters. The zero-order valence-electron chi connectivity index (χ0n) is 67.1. The maximum Gasteiger partial charge on any atom is 0.472 e. The molecule has 8 unspecified atom stereocenters. The van der Waals surface area contributed by atoms with Crippen molar-refractivity contribution >= 4 is 58.9 Å². The van der Waals surface area contributed by atoms with Crippen LogP contribution in [0.3, 0.4) is 0 Å². The number of carbonyl (C=O) groups excluding carboxylic acids is 6. The lowest BCUT2D eigenvalue weighted by Gasteiger charge is -2.42. The molecule has 6 amide bonds. The smallest absolute Gasteiger partial charge is 0.394 e. The van der Waals surface area contributed by atoms with Gasteiger partial charge in [-0.1, -0.05) is 0 Å². The fourth-order valence-electron chi connectivity index (χ4n) is 13.4. The SMILES string of the molecule is COCC(COCCCOP(=O)(O)OC1CCN(C(=O)CCCCO[C@H](OC(CO)[C@@H](C)O)[C@H](CO)NC(C)=O)CC1)(COCCCOP(=O)(O)OC1CCN(C(=O)CCCCO[C@@H]2OC(CO)[C@H](O)C(O)[C@@H]2NC(C)=O)CC1)COCCCOP(=O)(O)OC1CCN(C(=O)CCCCO[C@@H]2OC(CO)[C@H](O)C(O)[C@@H]2NC(C)=O)CC1. The molecule has 0 spiro atoms. The molecule has 0 aromatic rings. The number of rotatable bonds is 58. The number of nitrogens with one attached hydrogen (secondary N) is 3. The number of methoxy groups -OCH3 is 1. The van der Waals surface area contributed by atoms with E-state index < -0.39 is 177 Å². The first-order chi connectivity index (χ1) is 55.2. The van der Waals surface area contributed by atoms with Gasteiger partial charge in [0.15, 0.2) is 18.9 Å². The van der Waals surface area contributed by atoms with E-state index in [1.165, 1.54) is 34.8 Å². The van der Waals surface area contributed by atoms with Crippen molar-refractivity contribution in [1.82, 2.24) is 30.7 Å². The van der Waals surface area contributed by atoms with E-state index in [1.54, 1.807) is 14.7 Å². The third-order valence-electron chi connectivity index (χ3n) is 19.6. The molecule has 0 aromatic carbocycles. The summed E-state index contributed by atoms with van der Waals surface area (Å²) in [7, 11) is -12.3. The molecule has 5 saturated heterocycles. The number of unbranched alkanes of at least 4 members (excludes halogenated alkanes) is 3. The monoisotopic (exact) mass is 1740 g/mol. The summed E-state index contributed by atoms with van der Waals surface area (Å²) in [5.41, 5.74) is -1.03. The van der Waals surface area contributed by atoms with Gasteiger partial charge in [-0.2, -0.15) is 0 Å². The van der Waals surface area contributed by atoms with E-state index in [9.17, 15) is 103 Å². The van der Waals surface area contributed by atoms with Crippen molar-refractivity contribution in [2.45, 2.75) is 247 Å². The Morgan fingerprint density at radius 3 is 1.13 bits per heavy atom. The van der Waals surface area contributed by atoms with Gasteiger partial charge in [0.2, 0.25) is 35.4 Å². The molecular weight excluding hydrogens is 1610 g/mol. The van der Waals surface area contributed by atoms with Crippen LogP contribution >= 0.6 is 23.5 Å². The summed E-state index contributed by atoms with van der Waals surface area (Å²) in [5, 5.41) is 97.6. The van der Waals surface area contributed by atoms with Gasteiger partial charge in [-0.3, -0.25) is 55.9 Å². The van der Waals surface area contributed by atoms with Crippen molar-refractivity contribution in [3.05, 3.63) is 0 Å². The Bertz CT molecular complexity index is 2870. The summed E-state index contributed by atoms with van der Waals surface area (Å²) in [6.07, 6.45) is -11.2. The average Bonchev–Trinajstić information content (AvgIpc) is 0.810. The van der Waals surface area contributed by atoms with Gasteiger partial charge in [0, 0.05) is 126 Å². The summed E-state index contributed by atoms with van der Waals surface area (Å²) in [6.45, 7) is 3.55. The van der Waals surface area contributed by atoms with Crippen molar-refractivity contribution < 1.29 is 178 Å². The first-order valence-electron chi connectivity index (χ1n) is 39.7. The standard InChI is InChI=1S/C70H129N6O37P3/c1-47(81)55(40-78)108-67(54(39-77)71-48(2)82)102-33-9-6-15-58(85)74-24-18-51(19-25-74)111-114(92,93)105-36-12-30-99-44-70(43-98-5,45-100-31-13-37-106-115(94,95)112-52-20-26-75(27-21-52)59(86)16-7-10-34-103-68-61(72-49(3)83)65(90)63(88)56(41-79)109-68)46-101-32-14-38-107-116(96,97)113-53-22-28-76(29-23-53)60(87)17-8-11-35-104-69-62(73-50(4)84)66(91)64(89)57(42-80)110-69/h47,51-57,61-69,77-81,88-91H,6-46H2,1-5H3,(H,71,82)(H,72,83)(H,73,84)(H,92,93)(H,94,95)(H,96,97)/t47-,54+,55?,56?,57?,61+,62+,63+,64+,65?,66?,67-,68-,69-,70?/m1/s1. The Morgan fingerprint density at radius 1 is 0.474 bits per heavy atom. The Balaban J connectivity index is 1.03. The number of phosphoric ester groups is 3. The van der Waals surface area contributed by atoms with Crippen LogP contribution in [-0.4, -0.2) is 374 Å². The number of hydrogen-bond donors (Lipinski definition) is 15. The van der Waals surface area contributed by atoms with Gasteiger partial charge in [0.05, 0.1) is 103 Å². The maximum absolute atomic E-state index is 13.1. The molecule has 0 radical (unpaired) electrons. The van der Waals surface area contributed by atoms with Crippen molar-refractivity contribution in [3.8, 4) is 0 Å². The van der Waals surface area contributed by atoms with E-state index in [-0.39, 0.29) is 220 Å². The Labute approximate surface area is 676 Å². The van der Waals surface area contributed by atoms with E-state index in [2.05, 4.69) is 16.0 Å². The van der Waals surface area contributed by atoms with E-state index in [0.717, 1.165) is 0 Å². The molecule has 0 bridgehead atoms. The van der Waals surface area contributed by atoms with Gasteiger partial charge in [-0.05, 0) is 103 Å². The first kappa shape index (κ1) is 103. The molecule has 116 heavy (non-hydrogen) atoms. The molecule has 46 heteroatoms. The summed E-state index contributed by atoms with van der Waals surface area (Å²) in [4.78, 5) is 111. The van der Waals surface area contributed by atoms with E-state index in [4.69, 9.17) is 74.5 Å². The molecule has 43 nitrogen and oxygen atoms in total. The molecule has 0 saturated carbocycles. The highest BCUT2D eigenvalue weighted by Gasteiger charge is 2.47. The fraction of sp³-hybridized carbons (Fsp3) is 0.914. The number of aliphatic hydroxyl groups excluding tert-OH is 9. The van der Waals surface area contributed by atoms with Crippen molar-refractivity contribution in [2.24, 2.45) is 5.41 Å². The molecule has 5 aliphatic heterocycles. The number of piperidine rings is 3. The Morgan fingerprint density at radius 2 is 0.828 bits per heavy atom. The molecule has 5 fully saturated rings. The van der Waals surface area contributed by atoms with Gasteiger partial charge < -0.3 is 139 Å². The second kappa shape index (κ2) is 54.1. The lowest BCUT2D eigenvalue weighted by Crippen LogP contribution is -2.64. The highest BCUT2D eigenvalue weighted by molar-refractivity contribution is 7.48. The molecule has 5 aliphatic rings.